The fourth-order valence-corrected chi connectivity index (χ4v) is 2.02. The predicted octanol–water partition coefficient (Wildman–Crippen LogP) is 2.94. The van der Waals surface area contributed by atoms with Crippen LogP contribution < -0.4 is 5.32 Å². The van der Waals surface area contributed by atoms with E-state index in [4.69, 9.17) is 5.26 Å². The van der Waals surface area contributed by atoms with Crippen LogP contribution in [0.5, 0.6) is 0 Å². The maximum Gasteiger partial charge on any atom is 0.184 e. The number of nitrogens with one attached hydrogen (secondary N) is 1. The molecule has 0 radical (unpaired) electrons. The van der Waals surface area contributed by atoms with Crippen molar-refractivity contribution in [3.63, 3.8) is 0 Å². The number of benzene rings is 1. The molecule has 0 spiro atoms. The van der Waals surface area contributed by atoms with Gasteiger partial charge in [0.1, 0.15) is 10.9 Å². The van der Waals surface area contributed by atoms with E-state index >= 15 is 0 Å². The maximum absolute atomic E-state index is 8.67. The van der Waals surface area contributed by atoms with Gasteiger partial charge < -0.3 is 5.32 Å². The average Bonchev–Trinajstić information content (AvgIpc) is 2.74. The van der Waals surface area contributed by atoms with Crippen LogP contribution in [0.15, 0.2) is 30.5 Å². The highest BCUT2D eigenvalue weighted by Gasteiger charge is 2.00. The summed E-state index contributed by atoms with van der Waals surface area (Å²) in [6.07, 6.45) is 1.59. The van der Waals surface area contributed by atoms with Crippen molar-refractivity contribution in [1.82, 2.24) is 4.98 Å². The van der Waals surface area contributed by atoms with E-state index in [0.717, 1.165) is 11.7 Å². The minimum absolute atomic E-state index is 0.631. The van der Waals surface area contributed by atoms with Gasteiger partial charge in [0, 0.05) is 6.54 Å². The van der Waals surface area contributed by atoms with Crippen molar-refractivity contribution >= 4 is 16.5 Å². The third-order valence-corrected chi connectivity index (χ3v) is 3.00. The molecule has 2 rings (SSSR count). The van der Waals surface area contributed by atoms with Crippen LogP contribution in [0.2, 0.25) is 0 Å². The number of rotatable bonds is 3. The van der Waals surface area contributed by atoms with Gasteiger partial charge in [0.15, 0.2) is 5.13 Å². The van der Waals surface area contributed by atoms with Gasteiger partial charge in [-0.2, -0.15) is 5.26 Å². The van der Waals surface area contributed by atoms with Gasteiger partial charge in [0.2, 0.25) is 0 Å². The summed E-state index contributed by atoms with van der Waals surface area (Å²) >= 11 is 1.37. The minimum atomic E-state index is 0.631. The zero-order chi connectivity index (χ0) is 11.4. The van der Waals surface area contributed by atoms with Gasteiger partial charge >= 0.3 is 0 Å². The highest BCUT2D eigenvalue weighted by molar-refractivity contribution is 7.16. The second kappa shape index (κ2) is 4.77. The van der Waals surface area contributed by atoms with Crippen LogP contribution in [0.25, 0.3) is 0 Å². The summed E-state index contributed by atoms with van der Waals surface area (Å²) in [7, 11) is 0. The van der Waals surface area contributed by atoms with Crippen LogP contribution in [0.4, 0.5) is 5.13 Å². The number of hydrogen-bond acceptors (Lipinski definition) is 4. The molecule has 0 aliphatic carbocycles. The SMILES string of the molecule is Cc1cccc(CNc2ncc(C#N)s2)c1. The summed E-state index contributed by atoms with van der Waals surface area (Å²) < 4.78 is 0. The van der Waals surface area contributed by atoms with Crippen molar-refractivity contribution in [2.75, 3.05) is 5.32 Å². The van der Waals surface area contributed by atoms with E-state index in [1.807, 2.05) is 6.07 Å². The molecule has 0 amide bonds. The molecule has 1 heterocycles. The largest absolute Gasteiger partial charge is 0.357 e. The van der Waals surface area contributed by atoms with Crippen molar-refractivity contribution in [2.24, 2.45) is 0 Å². The van der Waals surface area contributed by atoms with E-state index in [1.165, 1.54) is 22.5 Å². The number of aryl methyl sites for hydroxylation is 1. The van der Waals surface area contributed by atoms with Crippen LogP contribution in [-0.4, -0.2) is 4.98 Å². The zero-order valence-electron chi connectivity index (χ0n) is 8.90. The van der Waals surface area contributed by atoms with Crippen LogP contribution in [0, 0.1) is 18.3 Å². The lowest BCUT2D eigenvalue weighted by Crippen LogP contribution is -1.98. The molecular formula is C12H11N3S. The highest BCUT2D eigenvalue weighted by atomic mass is 32.1. The summed E-state index contributed by atoms with van der Waals surface area (Å²) in [6, 6.07) is 10.4. The molecule has 0 aliphatic heterocycles. The molecule has 16 heavy (non-hydrogen) atoms. The Morgan fingerprint density at radius 1 is 1.50 bits per heavy atom. The number of aromatic nitrogens is 1. The summed E-state index contributed by atoms with van der Waals surface area (Å²) in [4.78, 5) is 4.74. The molecule has 0 saturated heterocycles. The number of anilines is 1. The lowest BCUT2D eigenvalue weighted by molar-refractivity contribution is 1.13. The molecule has 0 fully saturated rings. The Hall–Kier alpha value is -1.86. The first-order valence-electron chi connectivity index (χ1n) is 4.93. The van der Waals surface area contributed by atoms with Crippen molar-refractivity contribution in [3.05, 3.63) is 46.5 Å². The Balaban J connectivity index is 2.00. The Bertz CT molecular complexity index is 525. The molecule has 0 bridgehead atoms. The number of nitrogens with zero attached hydrogens (tertiary/aromatic N) is 2. The highest BCUT2D eigenvalue weighted by Crippen LogP contribution is 2.17. The van der Waals surface area contributed by atoms with E-state index in [-0.39, 0.29) is 0 Å². The second-order valence-corrected chi connectivity index (χ2v) is 4.51. The minimum Gasteiger partial charge on any atom is -0.357 e. The molecule has 1 aromatic heterocycles. The first-order chi connectivity index (χ1) is 7.78. The van der Waals surface area contributed by atoms with E-state index < -0.39 is 0 Å². The molecule has 0 unspecified atom stereocenters. The Kier molecular flexibility index (Phi) is 3.18. The lowest BCUT2D eigenvalue weighted by atomic mass is 10.1. The normalized spacial score (nSPS) is 9.75. The van der Waals surface area contributed by atoms with E-state index in [2.05, 4.69) is 41.5 Å². The molecule has 2 aromatic rings. The van der Waals surface area contributed by atoms with E-state index in [0.29, 0.717) is 4.88 Å². The number of nitriles is 1. The van der Waals surface area contributed by atoms with Crippen LogP contribution in [0.1, 0.15) is 16.0 Å². The molecule has 0 saturated carbocycles. The first kappa shape index (κ1) is 10.7. The summed E-state index contributed by atoms with van der Waals surface area (Å²) in [5.74, 6) is 0. The van der Waals surface area contributed by atoms with E-state index in [9.17, 15) is 0 Å². The first-order valence-corrected chi connectivity index (χ1v) is 5.75. The molecule has 1 N–H and O–H groups in total. The third kappa shape index (κ3) is 2.59. The van der Waals surface area contributed by atoms with Crippen molar-refractivity contribution < 1.29 is 0 Å². The topological polar surface area (TPSA) is 48.7 Å². The van der Waals surface area contributed by atoms with Crippen LogP contribution >= 0.6 is 11.3 Å². The Morgan fingerprint density at radius 3 is 3.06 bits per heavy atom. The van der Waals surface area contributed by atoms with Crippen LogP contribution in [0.3, 0.4) is 0 Å². The van der Waals surface area contributed by atoms with Crippen molar-refractivity contribution in [2.45, 2.75) is 13.5 Å². The van der Waals surface area contributed by atoms with E-state index in [1.54, 1.807) is 6.20 Å². The Labute approximate surface area is 98.4 Å². The van der Waals surface area contributed by atoms with Gasteiger partial charge in [0.05, 0.1) is 6.20 Å². The second-order valence-electron chi connectivity index (χ2n) is 3.48. The quantitative estimate of drug-likeness (QED) is 0.880. The van der Waals surface area contributed by atoms with Gasteiger partial charge in [-0.3, -0.25) is 0 Å². The number of thiazole rings is 1. The molecule has 0 atom stereocenters. The summed E-state index contributed by atoms with van der Waals surface area (Å²) in [5.41, 5.74) is 2.46. The van der Waals surface area contributed by atoms with Crippen molar-refractivity contribution in [1.29, 1.82) is 5.26 Å². The molecule has 80 valence electrons. The van der Waals surface area contributed by atoms with Gasteiger partial charge in [0.25, 0.3) is 0 Å². The maximum atomic E-state index is 8.67. The molecule has 3 nitrogen and oxygen atoms in total. The standard InChI is InChI=1S/C12H11N3S/c1-9-3-2-4-10(5-9)7-14-12-15-8-11(6-13)16-12/h2-5,8H,7H2,1H3,(H,14,15). The third-order valence-electron chi connectivity index (χ3n) is 2.14. The van der Waals surface area contributed by atoms with Crippen molar-refractivity contribution in [3.8, 4) is 6.07 Å². The van der Waals surface area contributed by atoms with Gasteiger partial charge in [-0.15, -0.1) is 0 Å². The molecule has 0 aliphatic rings. The molecular weight excluding hydrogens is 218 g/mol. The Morgan fingerprint density at radius 2 is 2.38 bits per heavy atom. The van der Waals surface area contributed by atoms with Gasteiger partial charge in [-0.25, -0.2) is 4.98 Å². The van der Waals surface area contributed by atoms with Crippen LogP contribution in [-0.2, 0) is 6.54 Å². The predicted molar refractivity (Wildman–Crippen MR) is 65.3 cm³/mol. The van der Waals surface area contributed by atoms with Gasteiger partial charge in [-0.05, 0) is 12.5 Å². The molecule has 4 heteroatoms. The summed E-state index contributed by atoms with van der Waals surface area (Å²) in [6.45, 7) is 2.81. The average molecular weight is 229 g/mol. The van der Waals surface area contributed by atoms with Gasteiger partial charge in [-0.1, -0.05) is 41.2 Å². The molecule has 1 aromatic carbocycles. The fraction of sp³-hybridized carbons (Fsp3) is 0.167. The smallest absolute Gasteiger partial charge is 0.184 e. The fourth-order valence-electron chi connectivity index (χ4n) is 1.41. The monoisotopic (exact) mass is 229 g/mol. The summed E-state index contributed by atoms with van der Waals surface area (Å²) in [5, 5.41) is 12.7. The number of hydrogen-bond donors (Lipinski definition) is 1. The lowest BCUT2D eigenvalue weighted by Gasteiger charge is -2.03. The zero-order valence-corrected chi connectivity index (χ0v) is 9.71.